The number of hydrogen-bond acceptors (Lipinski definition) is 5. The van der Waals surface area contributed by atoms with Gasteiger partial charge in [0.15, 0.2) is 0 Å². The Morgan fingerprint density at radius 2 is 2.09 bits per heavy atom. The van der Waals surface area contributed by atoms with Crippen LogP contribution in [-0.4, -0.2) is 33.6 Å². The van der Waals surface area contributed by atoms with Gasteiger partial charge in [0.2, 0.25) is 0 Å². The summed E-state index contributed by atoms with van der Waals surface area (Å²) in [5.41, 5.74) is -0.982. The highest BCUT2D eigenvalue weighted by Crippen LogP contribution is 2.19. The topological polar surface area (TPSA) is 113 Å². The van der Waals surface area contributed by atoms with Crippen molar-refractivity contribution in [2.24, 2.45) is 0 Å². The molecule has 7 nitrogen and oxygen atoms in total. The molecule has 1 atom stereocenters. The molecule has 0 aliphatic carbocycles. The number of aryl methyl sites for hydroxylation is 1. The highest BCUT2D eigenvalue weighted by molar-refractivity contribution is 5.94. The van der Waals surface area contributed by atoms with Crippen molar-refractivity contribution < 1.29 is 24.2 Å². The molecule has 2 aromatic heterocycles. The molecule has 2 rings (SSSR count). The van der Waals surface area contributed by atoms with Crippen LogP contribution in [0.4, 0.5) is 0 Å². The smallest absolute Gasteiger partial charge is 0.337 e. The number of aromatic nitrogens is 1. The third-order valence-electron chi connectivity index (χ3n) is 3.19. The number of hydrogen-bond donors (Lipinski definition) is 3. The summed E-state index contributed by atoms with van der Waals surface area (Å²) in [4.78, 5) is 26.9. The quantitative estimate of drug-likeness (QED) is 0.768. The lowest BCUT2D eigenvalue weighted by atomic mass is 10.0. The van der Waals surface area contributed by atoms with Gasteiger partial charge in [-0.25, -0.2) is 9.78 Å². The van der Waals surface area contributed by atoms with Gasteiger partial charge >= 0.3 is 5.97 Å². The zero-order valence-electron chi connectivity index (χ0n) is 12.2. The van der Waals surface area contributed by atoms with Crippen molar-refractivity contribution in [2.45, 2.75) is 19.4 Å². The number of carbonyl (C=O) groups excluding carboxylic acids is 1. The number of furan rings is 1. The zero-order chi connectivity index (χ0) is 16.3. The van der Waals surface area contributed by atoms with Crippen LogP contribution in [0.25, 0.3) is 0 Å². The molecule has 0 spiro atoms. The number of carboxylic acid groups (broad SMARTS) is 1. The number of nitrogens with zero attached hydrogens (tertiary/aromatic N) is 1. The summed E-state index contributed by atoms with van der Waals surface area (Å²) in [7, 11) is 0. The van der Waals surface area contributed by atoms with E-state index in [9.17, 15) is 14.7 Å². The Kier molecular flexibility index (Phi) is 4.27. The number of aromatic carboxylic acids is 1. The van der Waals surface area contributed by atoms with Crippen molar-refractivity contribution in [2.75, 3.05) is 6.54 Å². The van der Waals surface area contributed by atoms with Gasteiger partial charge in [0.1, 0.15) is 17.1 Å². The molecule has 0 aliphatic heterocycles. The third kappa shape index (κ3) is 3.32. The van der Waals surface area contributed by atoms with E-state index in [0.29, 0.717) is 5.76 Å². The lowest BCUT2D eigenvalue weighted by molar-refractivity contribution is 0.0329. The first-order valence-electron chi connectivity index (χ1n) is 6.57. The Hall–Kier alpha value is -2.67. The fourth-order valence-electron chi connectivity index (χ4n) is 1.93. The van der Waals surface area contributed by atoms with Crippen LogP contribution in [0.3, 0.4) is 0 Å². The van der Waals surface area contributed by atoms with Crippen LogP contribution in [0.1, 0.15) is 39.2 Å². The Morgan fingerprint density at radius 3 is 2.64 bits per heavy atom. The van der Waals surface area contributed by atoms with E-state index in [4.69, 9.17) is 9.52 Å². The van der Waals surface area contributed by atoms with Gasteiger partial charge in [0.05, 0.1) is 24.1 Å². The monoisotopic (exact) mass is 304 g/mol. The second-order valence-electron chi connectivity index (χ2n) is 5.07. The summed E-state index contributed by atoms with van der Waals surface area (Å²) in [6.07, 6.45) is 1.43. The molecule has 0 saturated carbocycles. The van der Waals surface area contributed by atoms with E-state index in [1.807, 2.05) is 0 Å². The third-order valence-corrected chi connectivity index (χ3v) is 3.19. The van der Waals surface area contributed by atoms with E-state index < -0.39 is 17.5 Å². The van der Waals surface area contributed by atoms with Crippen LogP contribution in [-0.2, 0) is 5.60 Å². The van der Waals surface area contributed by atoms with Crippen LogP contribution < -0.4 is 5.32 Å². The first kappa shape index (κ1) is 15.7. The standard InChI is InChI=1S/C15H16N2O5/c1-9-10(14(19)20)5-6-11(17-9)13(18)16-8-15(2,21)12-4-3-7-22-12/h3-7,21H,8H2,1-2H3,(H,16,18)(H,19,20). The summed E-state index contributed by atoms with van der Waals surface area (Å²) >= 11 is 0. The summed E-state index contributed by atoms with van der Waals surface area (Å²) in [5.74, 6) is -1.28. The van der Waals surface area contributed by atoms with E-state index in [-0.39, 0.29) is 23.5 Å². The fourth-order valence-corrected chi connectivity index (χ4v) is 1.93. The normalized spacial score (nSPS) is 13.4. The van der Waals surface area contributed by atoms with Gasteiger partial charge in [0, 0.05) is 0 Å². The van der Waals surface area contributed by atoms with Crippen molar-refractivity contribution >= 4 is 11.9 Å². The number of rotatable bonds is 5. The molecule has 0 radical (unpaired) electrons. The minimum Gasteiger partial charge on any atom is -0.478 e. The summed E-state index contributed by atoms with van der Waals surface area (Å²) in [6, 6.07) is 5.90. The van der Waals surface area contributed by atoms with E-state index in [1.54, 1.807) is 12.1 Å². The Labute approximate surface area is 126 Å². The predicted molar refractivity (Wildman–Crippen MR) is 76.5 cm³/mol. The number of aliphatic hydroxyl groups is 1. The van der Waals surface area contributed by atoms with Gasteiger partial charge in [-0.15, -0.1) is 0 Å². The van der Waals surface area contributed by atoms with Gasteiger partial charge < -0.3 is 19.9 Å². The van der Waals surface area contributed by atoms with Gasteiger partial charge in [0.25, 0.3) is 5.91 Å². The number of carbonyl (C=O) groups is 2. The number of carboxylic acids is 1. The van der Waals surface area contributed by atoms with Crippen molar-refractivity contribution in [3.63, 3.8) is 0 Å². The molecule has 0 aromatic carbocycles. The summed E-state index contributed by atoms with van der Waals surface area (Å²) < 4.78 is 5.12. The van der Waals surface area contributed by atoms with Crippen LogP contribution >= 0.6 is 0 Å². The second kappa shape index (κ2) is 5.98. The maximum absolute atomic E-state index is 12.0. The average molecular weight is 304 g/mol. The van der Waals surface area contributed by atoms with Crippen LogP contribution in [0.15, 0.2) is 34.9 Å². The molecule has 116 valence electrons. The lowest BCUT2D eigenvalue weighted by Crippen LogP contribution is -2.38. The summed E-state index contributed by atoms with van der Waals surface area (Å²) in [5, 5.41) is 21.7. The molecule has 1 amide bonds. The van der Waals surface area contributed by atoms with Crippen molar-refractivity contribution in [1.29, 1.82) is 0 Å². The van der Waals surface area contributed by atoms with E-state index >= 15 is 0 Å². The number of amides is 1. The first-order valence-corrected chi connectivity index (χ1v) is 6.57. The molecule has 0 fully saturated rings. The molecular weight excluding hydrogens is 288 g/mol. The Morgan fingerprint density at radius 1 is 1.36 bits per heavy atom. The molecule has 22 heavy (non-hydrogen) atoms. The van der Waals surface area contributed by atoms with Crippen molar-refractivity contribution in [3.05, 3.63) is 53.2 Å². The largest absolute Gasteiger partial charge is 0.478 e. The van der Waals surface area contributed by atoms with Gasteiger partial charge in [-0.2, -0.15) is 0 Å². The number of nitrogens with one attached hydrogen (secondary N) is 1. The minimum absolute atomic E-state index is 0.0409. The first-order chi connectivity index (χ1) is 10.3. The van der Waals surface area contributed by atoms with Crippen molar-refractivity contribution in [1.82, 2.24) is 10.3 Å². The highest BCUT2D eigenvalue weighted by Gasteiger charge is 2.27. The fraction of sp³-hybridized carbons (Fsp3) is 0.267. The molecule has 1 unspecified atom stereocenters. The number of pyridine rings is 1. The maximum atomic E-state index is 12.0. The molecular formula is C15H16N2O5. The lowest BCUT2D eigenvalue weighted by Gasteiger charge is -2.21. The van der Waals surface area contributed by atoms with Crippen LogP contribution in [0.2, 0.25) is 0 Å². The summed E-state index contributed by atoms with van der Waals surface area (Å²) in [6.45, 7) is 2.96. The SMILES string of the molecule is Cc1nc(C(=O)NCC(C)(O)c2ccco2)ccc1C(=O)O. The van der Waals surface area contributed by atoms with Gasteiger partial charge in [-0.3, -0.25) is 4.79 Å². The Balaban J connectivity index is 2.07. The predicted octanol–water partition coefficient (Wildman–Crippen LogP) is 1.32. The van der Waals surface area contributed by atoms with Crippen LogP contribution in [0.5, 0.6) is 0 Å². The van der Waals surface area contributed by atoms with Crippen LogP contribution in [0, 0.1) is 6.92 Å². The molecule has 2 aromatic rings. The average Bonchev–Trinajstić information content (AvgIpc) is 2.99. The molecule has 0 saturated heterocycles. The minimum atomic E-state index is -1.35. The van der Waals surface area contributed by atoms with Crippen molar-refractivity contribution in [3.8, 4) is 0 Å². The van der Waals surface area contributed by atoms with E-state index in [1.165, 1.54) is 32.2 Å². The molecule has 7 heteroatoms. The highest BCUT2D eigenvalue weighted by atomic mass is 16.4. The van der Waals surface area contributed by atoms with Gasteiger partial charge in [-0.1, -0.05) is 0 Å². The van der Waals surface area contributed by atoms with E-state index in [2.05, 4.69) is 10.3 Å². The molecule has 0 bridgehead atoms. The molecule has 3 N–H and O–H groups in total. The Bertz CT molecular complexity index is 692. The second-order valence-corrected chi connectivity index (χ2v) is 5.07. The molecule has 2 heterocycles. The maximum Gasteiger partial charge on any atom is 0.337 e. The zero-order valence-corrected chi connectivity index (χ0v) is 12.2. The van der Waals surface area contributed by atoms with Gasteiger partial charge in [-0.05, 0) is 38.1 Å². The van der Waals surface area contributed by atoms with E-state index in [0.717, 1.165) is 0 Å². The molecule has 0 aliphatic rings.